The maximum atomic E-state index is 9.62. The van der Waals surface area contributed by atoms with E-state index in [1.807, 2.05) is 30.3 Å². The summed E-state index contributed by atoms with van der Waals surface area (Å²) in [4.78, 5) is 0. The van der Waals surface area contributed by atoms with Gasteiger partial charge in [0.25, 0.3) is 0 Å². The van der Waals surface area contributed by atoms with E-state index in [2.05, 4.69) is 6.55 Å². The Morgan fingerprint density at radius 2 is 2.00 bits per heavy atom. The van der Waals surface area contributed by atoms with Crippen molar-refractivity contribution in [3.8, 4) is 0 Å². The molecule has 0 aromatic heterocycles. The van der Waals surface area contributed by atoms with Crippen molar-refractivity contribution >= 4 is 9.76 Å². The number of aliphatic hydroxyl groups is 1. The van der Waals surface area contributed by atoms with Crippen LogP contribution in [0.5, 0.6) is 0 Å². The van der Waals surface area contributed by atoms with E-state index in [0.717, 1.165) is 18.6 Å². The minimum absolute atomic E-state index is 0.302. The van der Waals surface area contributed by atoms with Crippen LogP contribution < -0.4 is 0 Å². The molecule has 1 aromatic rings. The van der Waals surface area contributed by atoms with Gasteiger partial charge in [0.2, 0.25) is 0 Å². The molecule has 0 aliphatic heterocycles. The molecule has 1 unspecified atom stereocenters. The molecule has 1 aromatic carbocycles. The van der Waals surface area contributed by atoms with Gasteiger partial charge in [-0.15, -0.1) is 0 Å². The molecule has 15 heavy (non-hydrogen) atoms. The molecule has 0 radical (unpaired) electrons. The minimum Gasteiger partial charge on any atom is -0.424 e. The fourth-order valence-corrected chi connectivity index (χ4v) is 1.71. The van der Waals surface area contributed by atoms with Gasteiger partial charge in [-0.05, 0) is 6.42 Å². The lowest BCUT2D eigenvalue weighted by molar-refractivity contribution is -0.104. The molecule has 0 spiro atoms. The Bertz CT molecular complexity index is 253. The predicted molar refractivity (Wildman–Crippen MR) is 62.3 cm³/mol. The fraction of sp³-hybridized carbons (Fsp3) is 0.455. The average molecular weight is 226 g/mol. The van der Waals surface area contributed by atoms with Crippen molar-refractivity contribution < 1.29 is 14.3 Å². The zero-order valence-corrected chi connectivity index (χ0v) is 10.5. The molecule has 1 rings (SSSR count). The van der Waals surface area contributed by atoms with Gasteiger partial charge in [-0.3, -0.25) is 0 Å². The summed E-state index contributed by atoms with van der Waals surface area (Å²) in [5.41, 5.74) is 0.795. The number of rotatable bonds is 7. The molecule has 0 saturated carbocycles. The van der Waals surface area contributed by atoms with E-state index in [1.54, 1.807) is 0 Å². The highest BCUT2D eigenvalue weighted by atomic mass is 28.2. The molecular weight excluding hydrogens is 208 g/mol. The summed E-state index contributed by atoms with van der Waals surface area (Å²) in [6.45, 7) is 3.37. The molecule has 0 saturated heterocycles. The average Bonchev–Trinajstić information content (AvgIpc) is 2.30. The van der Waals surface area contributed by atoms with Gasteiger partial charge >= 0.3 is 0 Å². The highest BCUT2D eigenvalue weighted by molar-refractivity contribution is 6.24. The highest BCUT2D eigenvalue weighted by Crippen LogP contribution is 2.13. The third-order valence-corrected chi connectivity index (χ3v) is 2.69. The first-order chi connectivity index (χ1) is 7.34. The number of benzene rings is 1. The van der Waals surface area contributed by atoms with Gasteiger partial charge in [-0.2, -0.15) is 0 Å². The molecule has 84 valence electrons. The van der Waals surface area contributed by atoms with Crippen molar-refractivity contribution in [1.29, 1.82) is 0 Å². The normalized spacial score (nSPS) is 13.5. The Balaban J connectivity index is 2.16. The maximum Gasteiger partial charge on any atom is 0.181 e. The van der Waals surface area contributed by atoms with E-state index < -0.39 is 6.29 Å². The molecule has 0 aliphatic carbocycles. The smallest absolute Gasteiger partial charge is 0.181 e. The largest absolute Gasteiger partial charge is 0.424 e. The zero-order chi connectivity index (χ0) is 10.9. The molecular formula is C11H18O3Si. The SMILES string of the molecule is C[SiH2]OCCCOC(O)c1ccccc1. The van der Waals surface area contributed by atoms with Crippen LogP contribution in [0.2, 0.25) is 6.55 Å². The highest BCUT2D eigenvalue weighted by Gasteiger charge is 2.05. The van der Waals surface area contributed by atoms with Gasteiger partial charge in [0.15, 0.2) is 16.1 Å². The van der Waals surface area contributed by atoms with E-state index in [1.165, 1.54) is 0 Å². The van der Waals surface area contributed by atoms with Gasteiger partial charge in [0.1, 0.15) is 0 Å². The molecule has 1 N–H and O–H groups in total. The topological polar surface area (TPSA) is 38.7 Å². The fourth-order valence-electron chi connectivity index (χ4n) is 1.21. The number of ether oxygens (including phenoxy) is 1. The van der Waals surface area contributed by atoms with Gasteiger partial charge < -0.3 is 14.3 Å². The van der Waals surface area contributed by atoms with Crippen molar-refractivity contribution in [2.45, 2.75) is 19.3 Å². The summed E-state index contributed by atoms with van der Waals surface area (Å²) >= 11 is 0. The molecule has 0 amide bonds. The van der Waals surface area contributed by atoms with E-state index in [0.29, 0.717) is 6.61 Å². The van der Waals surface area contributed by atoms with Crippen LogP contribution in [0.3, 0.4) is 0 Å². The first-order valence-corrected chi connectivity index (χ1v) is 7.26. The van der Waals surface area contributed by atoms with Crippen molar-refractivity contribution in [3.63, 3.8) is 0 Å². The van der Waals surface area contributed by atoms with Crippen LogP contribution in [0.25, 0.3) is 0 Å². The zero-order valence-electron chi connectivity index (χ0n) is 9.06. The molecule has 0 fully saturated rings. The van der Waals surface area contributed by atoms with Crippen LogP contribution in [-0.4, -0.2) is 28.1 Å². The van der Waals surface area contributed by atoms with Crippen LogP contribution in [0.15, 0.2) is 30.3 Å². The summed E-state index contributed by atoms with van der Waals surface area (Å²) in [5.74, 6) is 0. The van der Waals surface area contributed by atoms with Crippen molar-refractivity contribution in [2.24, 2.45) is 0 Å². The third-order valence-electron chi connectivity index (χ3n) is 2.00. The summed E-state index contributed by atoms with van der Waals surface area (Å²) in [7, 11) is -0.302. The molecule has 0 heterocycles. The number of hydrogen-bond donors (Lipinski definition) is 1. The van der Waals surface area contributed by atoms with Crippen LogP contribution in [0.1, 0.15) is 18.3 Å². The van der Waals surface area contributed by atoms with E-state index >= 15 is 0 Å². The van der Waals surface area contributed by atoms with Crippen LogP contribution in [0.4, 0.5) is 0 Å². The summed E-state index contributed by atoms with van der Waals surface area (Å²) in [6.07, 6.45) is 0.0233. The second-order valence-corrected chi connectivity index (χ2v) is 4.17. The van der Waals surface area contributed by atoms with Crippen molar-refractivity contribution in [1.82, 2.24) is 0 Å². The maximum absolute atomic E-state index is 9.62. The van der Waals surface area contributed by atoms with Crippen LogP contribution in [-0.2, 0) is 9.16 Å². The van der Waals surface area contributed by atoms with Gasteiger partial charge in [-0.25, -0.2) is 0 Å². The molecule has 1 atom stereocenters. The lowest BCUT2D eigenvalue weighted by Gasteiger charge is -2.11. The number of hydrogen-bond acceptors (Lipinski definition) is 3. The first kappa shape index (κ1) is 12.4. The standard InChI is InChI=1S/C11H18O3Si/c1-15-14-9-5-8-13-11(12)10-6-3-2-4-7-10/h2-4,6-7,11-12H,5,8-9,15H2,1H3. The Labute approximate surface area is 93.0 Å². The van der Waals surface area contributed by atoms with E-state index in [-0.39, 0.29) is 9.76 Å². The Morgan fingerprint density at radius 3 is 2.67 bits per heavy atom. The molecule has 0 aliphatic rings. The second kappa shape index (κ2) is 7.59. The van der Waals surface area contributed by atoms with Gasteiger partial charge in [0.05, 0.1) is 6.61 Å². The quantitative estimate of drug-likeness (QED) is 0.432. The van der Waals surface area contributed by atoms with Gasteiger partial charge in [0, 0.05) is 12.2 Å². The summed E-state index contributed by atoms with van der Waals surface area (Å²) < 4.78 is 10.6. The molecule has 3 nitrogen and oxygen atoms in total. The molecule has 0 bridgehead atoms. The summed E-state index contributed by atoms with van der Waals surface area (Å²) in [6, 6.07) is 9.37. The predicted octanol–water partition coefficient (Wildman–Crippen LogP) is 1.23. The third kappa shape index (κ3) is 5.08. The Kier molecular flexibility index (Phi) is 6.27. The van der Waals surface area contributed by atoms with Crippen molar-refractivity contribution in [3.05, 3.63) is 35.9 Å². The van der Waals surface area contributed by atoms with Crippen LogP contribution >= 0.6 is 0 Å². The minimum atomic E-state index is -0.815. The first-order valence-electron chi connectivity index (χ1n) is 5.27. The Hall–Kier alpha value is -0.683. The van der Waals surface area contributed by atoms with Crippen LogP contribution in [0, 0.1) is 0 Å². The molecule has 4 heteroatoms. The van der Waals surface area contributed by atoms with Gasteiger partial charge in [-0.1, -0.05) is 36.9 Å². The Morgan fingerprint density at radius 1 is 1.27 bits per heavy atom. The number of aliphatic hydroxyl groups excluding tert-OH is 1. The van der Waals surface area contributed by atoms with E-state index in [4.69, 9.17) is 9.16 Å². The monoisotopic (exact) mass is 226 g/mol. The summed E-state index contributed by atoms with van der Waals surface area (Å²) in [5, 5.41) is 9.62. The van der Waals surface area contributed by atoms with E-state index in [9.17, 15) is 5.11 Å². The second-order valence-electron chi connectivity index (χ2n) is 3.18. The lowest BCUT2D eigenvalue weighted by Crippen LogP contribution is -2.07. The lowest BCUT2D eigenvalue weighted by atomic mass is 10.2. The van der Waals surface area contributed by atoms with Crippen molar-refractivity contribution in [2.75, 3.05) is 13.2 Å².